The van der Waals surface area contributed by atoms with E-state index in [2.05, 4.69) is 12.1 Å². The molecular weight excluding hydrogens is 174 g/mol. The van der Waals surface area contributed by atoms with Crippen LogP contribution in [0, 0.1) is 17.4 Å². The van der Waals surface area contributed by atoms with Crippen LogP contribution in [0.25, 0.3) is 0 Å². The molecule has 69 valence electrons. The maximum absolute atomic E-state index is 8.71. The third-order valence-electron chi connectivity index (χ3n) is 2.06. The van der Waals surface area contributed by atoms with Crippen LogP contribution in [0.4, 0.5) is 0 Å². The molecule has 1 aliphatic rings. The number of rotatable bonds is 0. The molecule has 1 heterocycles. The number of nitriles is 1. The zero-order chi connectivity index (χ0) is 10.2. The number of nitrogens with zero attached hydrogens (tertiary/aromatic N) is 1. The number of hydrogen-bond donors (Lipinski definition) is 0. The standard InChI is InChI=1S/C12H10NO/c1-12(2)6-5-10-7-9(8-13)3-4-11(10)14-12/h3-4,6-7H,1-2H3. The molecule has 0 N–H and O–H groups in total. The summed E-state index contributed by atoms with van der Waals surface area (Å²) < 4.78 is 5.69. The van der Waals surface area contributed by atoms with Crippen molar-refractivity contribution in [1.82, 2.24) is 0 Å². The van der Waals surface area contributed by atoms with E-state index in [0.29, 0.717) is 5.56 Å². The Morgan fingerprint density at radius 3 is 2.93 bits per heavy atom. The SMILES string of the molecule is CC1(C)C=[C]c2cc(C#N)ccc2O1. The predicted molar refractivity (Wildman–Crippen MR) is 52.8 cm³/mol. The predicted octanol–water partition coefficient (Wildman–Crippen LogP) is 2.44. The molecule has 0 aromatic heterocycles. The van der Waals surface area contributed by atoms with Crippen LogP contribution in [-0.2, 0) is 0 Å². The largest absolute Gasteiger partial charge is 0.483 e. The maximum Gasteiger partial charge on any atom is 0.128 e. The molecule has 0 unspecified atom stereocenters. The van der Waals surface area contributed by atoms with E-state index in [0.717, 1.165) is 11.3 Å². The minimum atomic E-state index is -0.304. The lowest BCUT2D eigenvalue weighted by Crippen LogP contribution is -2.27. The van der Waals surface area contributed by atoms with Gasteiger partial charge >= 0.3 is 0 Å². The van der Waals surface area contributed by atoms with Gasteiger partial charge < -0.3 is 4.74 Å². The normalized spacial score (nSPS) is 16.6. The summed E-state index contributed by atoms with van der Waals surface area (Å²) in [5, 5.41) is 8.71. The Balaban J connectivity index is 2.47. The summed E-state index contributed by atoms with van der Waals surface area (Å²) >= 11 is 0. The summed E-state index contributed by atoms with van der Waals surface area (Å²) in [6.45, 7) is 3.95. The molecule has 0 bridgehead atoms. The van der Waals surface area contributed by atoms with Gasteiger partial charge in [-0.3, -0.25) is 0 Å². The van der Waals surface area contributed by atoms with Crippen molar-refractivity contribution in [3.05, 3.63) is 41.5 Å². The first-order chi connectivity index (χ1) is 6.61. The zero-order valence-corrected chi connectivity index (χ0v) is 8.16. The first-order valence-corrected chi connectivity index (χ1v) is 4.45. The minimum Gasteiger partial charge on any atom is -0.483 e. The van der Waals surface area contributed by atoms with Crippen molar-refractivity contribution in [2.75, 3.05) is 0 Å². The fraction of sp³-hybridized carbons (Fsp3) is 0.250. The summed E-state index contributed by atoms with van der Waals surface area (Å²) in [5.41, 5.74) is 1.18. The fourth-order valence-corrected chi connectivity index (χ4v) is 1.37. The minimum absolute atomic E-state index is 0.304. The van der Waals surface area contributed by atoms with Gasteiger partial charge in [0.25, 0.3) is 0 Å². The lowest BCUT2D eigenvalue weighted by molar-refractivity contribution is 0.156. The second-order valence-corrected chi connectivity index (χ2v) is 3.82. The van der Waals surface area contributed by atoms with Gasteiger partial charge in [0.1, 0.15) is 11.4 Å². The molecule has 14 heavy (non-hydrogen) atoms. The molecule has 0 saturated carbocycles. The molecule has 1 aromatic carbocycles. The molecule has 1 radical (unpaired) electrons. The average Bonchev–Trinajstić information content (AvgIpc) is 2.16. The van der Waals surface area contributed by atoms with Crippen LogP contribution >= 0.6 is 0 Å². The molecule has 0 amide bonds. The van der Waals surface area contributed by atoms with Crippen LogP contribution in [-0.4, -0.2) is 5.60 Å². The van der Waals surface area contributed by atoms with Gasteiger partial charge in [-0.25, -0.2) is 0 Å². The third-order valence-corrected chi connectivity index (χ3v) is 2.06. The van der Waals surface area contributed by atoms with Gasteiger partial charge in [0, 0.05) is 5.56 Å². The number of benzene rings is 1. The zero-order valence-electron chi connectivity index (χ0n) is 8.16. The molecule has 2 heteroatoms. The van der Waals surface area contributed by atoms with Crippen molar-refractivity contribution >= 4 is 0 Å². The Bertz CT molecular complexity index is 438. The third kappa shape index (κ3) is 1.49. The van der Waals surface area contributed by atoms with Crippen LogP contribution < -0.4 is 4.74 Å². The van der Waals surface area contributed by atoms with E-state index in [1.54, 1.807) is 12.1 Å². The molecule has 0 atom stereocenters. The smallest absolute Gasteiger partial charge is 0.128 e. The first kappa shape index (κ1) is 8.83. The van der Waals surface area contributed by atoms with E-state index in [-0.39, 0.29) is 5.60 Å². The Morgan fingerprint density at radius 2 is 2.21 bits per heavy atom. The second kappa shape index (κ2) is 2.88. The summed E-state index contributed by atoms with van der Waals surface area (Å²) in [6, 6.07) is 7.43. The van der Waals surface area contributed by atoms with Gasteiger partial charge in [0.05, 0.1) is 11.6 Å². The van der Waals surface area contributed by atoms with Crippen LogP contribution in [0.1, 0.15) is 25.0 Å². The van der Waals surface area contributed by atoms with E-state index in [9.17, 15) is 0 Å². The van der Waals surface area contributed by atoms with Crippen molar-refractivity contribution in [2.45, 2.75) is 19.4 Å². The molecule has 0 aliphatic carbocycles. The van der Waals surface area contributed by atoms with E-state index >= 15 is 0 Å². The van der Waals surface area contributed by atoms with Gasteiger partial charge in [0.15, 0.2) is 0 Å². The van der Waals surface area contributed by atoms with Crippen LogP contribution in [0.2, 0.25) is 0 Å². The Kier molecular flexibility index (Phi) is 1.82. The van der Waals surface area contributed by atoms with Crippen LogP contribution in [0.5, 0.6) is 5.75 Å². The molecule has 1 aromatic rings. The lowest BCUT2D eigenvalue weighted by Gasteiger charge is -2.27. The van der Waals surface area contributed by atoms with Gasteiger partial charge in [-0.05, 0) is 44.2 Å². The quantitative estimate of drug-likeness (QED) is 0.620. The highest BCUT2D eigenvalue weighted by Crippen LogP contribution is 2.29. The van der Waals surface area contributed by atoms with Gasteiger partial charge in [-0.2, -0.15) is 5.26 Å². The molecule has 1 aliphatic heterocycles. The van der Waals surface area contributed by atoms with Gasteiger partial charge in [0.2, 0.25) is 0 Å². The maximum atomic E-state index is 8.71. The summed E-state index contributed by atoms with van der Waals surface area (Å²) in [6.07, 6.45) is 5.00. The van der Waals surface area contributed by atoms with Crippen LogP contribution in [0.3, 0.4) is 0 Å². The Labute approximate surface area is 83.4 Å². The summed E-state index contributed by atoms with van der Waals surface area (Å²) in [4.78, 5) is 0. The molecule has 0 fully saturated rings. The highest BCUT2D eigenvalue weighted by Gasteiger charge is 2.21. The highest BCUT2D eigenvalue weighted by atomic mass is 16.5. The molecule has 2 nitrogen and oxygen atoms in total. The van der Waals surface area contributed by atoms with Crippen molar-refractivity contribution in [3.8, 4) is 11.8 Å². The summed E-state index contributed by atoms with van der Waals surface area (Å²) in [7, 11) is 0. The summed E-state index contributed by atoms with van der Waals surface area (Å²) in [5.74, 6) is 0.788. The molecule has 0 saturated heterocycles. The molecular formula is C12H10NO. The monoisotopic (exact) mass is 184 g/mol. The lowest BCUT2D eigenvalue weighted by atomic mass is 10.0. The van der Waals surface area contributed by atoms with Gasteiger partial charge in [-0.1, -0.05) is 0 Å². The van der Waals surface area contributed by atoms with Crippen LogP contribution in [0.15, 0.2) is 24.3 Å². The number of hydrogen-bond acceptors (Lipinski definition) is 2. The fourth-order valence-electron chi connectivity index (χ4n) is 1.37. The average molecular weight is 184 g/mol. The van der Waals surface area contributed by atoms with E-state index in [4.69, 9.17) is 10.00 Å². The Hall–Kier alpha value is -1.75. The van der Waals surface area contributed by atoms with Crippen molar-refractivity contribution < 1.29 is 4.74 Å². The van der Waals surface area contributed by atoms with Crippen molar-refractivity contribution in [3.63, 3.8) is 0 Å². The first-order valence-electron chi connectivity index (χ1n) is 4.45. The molecule has 0 spiro atoms. The van der Waals surface area contributed by atoms with Crippen molar-refractivity contribution in [2.24, 2.45) is 0 Å². The molecule has 2 rings (SSSR count). The Morgan fingerprint density at radius 1 is 1.43 bits per heavy atom. The highest BCUT2D eigenvalue weighted by molar-refractivity contribution is 5.47. The van der Waals surface area contributed by atoms with Gasteiger partial charge in [-0.15, -0.1) is 0 Å². The topological polar surface area (TPSA) is 33.0 Å². The van der Waals surface area contributed by atoms with Crippen molar-refractivity contribution in [1.29, 1.82) is 5.26 Å². The van der Waals surface area contributed by atoms with E-state index < -0.39 is 0 Å². The van der Waals surface area contributed by atoms with E-state index in [1.165, 1.54) is 0 Å². The number of ether oxygens (including phenoxy) is 1. The number of fused-ring (bicyclic) bond motifs is 1. The second-order valence-electron chi connectivity index (χ2n) is 3.82. The van der Waals surface area contributed by atoms with E-state index in [1.807, 2.05) is 26.0 Å².